The Morgan fingerprint density at radius 3 is 2.50 bits per heavy atom. The lowest BCUT2D eigenvalue weighted by atomic mass is 9.92. The van der Waals surface area contributed by atoms with Crippen molar-refractivity contribution in [3.8, 4) is 0 Å². The van der Waals surface area contributed by atoms with E-state index in [-0.39, 0.29) is 12.1 Å². The lowest BCUT2D eigenvalue weighted by molar-refractivity contribution is -0.125. The monoisotopic (exact) mass is 251 g/mol. The Labute approximate surface area is 105 Å². The van der Waals surface area contributed by atoms with Crippen LogP contribution in [0.5, 0.6) is 0 Å². The van der Waals surface area contributed by atoms with Crippen molar-refractivity contribution in [2.45, 2.75) is 13.8 Å². The first-order chi connectivity index (χ1) is 8.24. The van der Waals surface area contributed by atoms with Crippen LogP contribution in [0.1, 0.15) is 24.2 Å². The Balaban J connectivity index is 2.92. The number of hydrogen-bond donors (Lipinski definition) is 4. The first-order valence-corrected chi connectivity index (χ1v) is 5.40. The third-order valence-electron chi connectivity index (χ3n) is 2.66. The van der Waals surface area contributed by atoms with Crippen LogP contribution in [0.4, 0.5) is 11.4 Å². The minimum absolute atomic E-state index is 0.0651. The van der Waals surface area contributed by atoms with Crippen LogP contribution in [0.3, 0.4) is 0 Å². The van der Waals surface area contributed by atoms with E-state index in [1.54, 1.807) is 26.0 Å². The third kappa shape index (κ3) is 3.13. The van der Waals surface area contributed by atoms with E-state index in [1.165, 1.54) is 6.07 Å². The molecule has 6 heteroatoms. The Morgan fingerprint density at radius 1 is 1.39 bits per heavy atom. The Morgan fingerprint density at radius 2 is 2.00 bits per heavy atom. The number of carbonyl (C=O) groups is 2. The fraction of sp³-hybridized carbons (Fsp3) is 0.333. The second kappa shape index (κ2) is 4.95. The Kier molecular flexibility index (Phi) is 3.80. The summed E-state index contributed by atoms with van der Waals surface area (Å²) >= 11 is 0. The highest BCUT2D eigenvalue weighted by molar-refractivity contribution is 5.95. The number of amides is 1. The number of primary amides is 1. The van der Waals surface area contributed by atoms with Gasteiger partial charge < -0.3 is 21.9 Å². The summed E-state index contributed by atoms with van der Waals surface area (Å²) < 4.78 is 0. The van der Waals surface area contributed by atoms with Crippen LogP contribution in [0, 0.1) is 5.41 Å². The average molecular weight is 251 g/mol. The molecular formula is C12H17N3O3. The lowest BCUT2D eigenvalue weighted by Crippen LogP contribution is -2.37. The van der Waals surface area contributed by atoms with Gasteiger partial charge in [0.1, 0.15) is 0 Å². The van der Waals surface area contributed by atoms with Gasteiger partial charge in [-0.05, 0) is 32.0 Å². The summed E-state index contributed by atoms with van der Waals surface area (Å²) in [6.45, 7) is 3.60. The van der Waals surface area contributed by atoms with E-state index in [1.807, 2.05) is 0 Å². The van der Waals surface area contributed by atoms with E-state index < -0.39 is 17.3 Å². The molecule has 0 atom stereocenters. The first-order valence-electron chi connectivity index (χ1n) is 5.40. The zero-order chi connectivity index (χ0) is 13.9. The smallest absolute Gasteiger partial charge is 0.337 e. The van der Waals surface area contributed by atoms with Gasteiger partial charge in [-0.25, -0.2) is 4.79 Å². The van der Waals surface area contributed by atoms with Crippen molar-refractivity contribution in [1.82, 2.24) is 0 Å². The van der Waals surface area contributed by atoms with E-state index in [4.69, 9.17) is 16.6 Å². The van der Waals surface area contributed by atoms with E-state index in [0.717, 1.165) is 0 Å². The van der Waals surface area contributed by atoms with Gasteiger partial charge in [0.15, 0.2) is 0 Å². The van der Waals surface area contributed by atoms with Gasteiger partial charge in [0.25, 0.3) is 0 Å². The van der Waals surface area contributed by atoms with Gasteiger partial charge in [-0.2, -0.15) is 0 Å². The minimum Gasteiger partial charge on any atom is -0.478 e. The molecule has 0 aliphatic heterocycles. The standard InChI is InChI=1S/C12H17N3O3/c1-12(2,11(14)18)6-15-9-4-3-7(13)5-8(9)10(16)17/h3-5,15H,6,13H2,1-2H3,(H2,14,18)(H,16,17). The van der Waals surface area contributed by atoms with Crippen molar-refractivity contribution in [3.05, 3.63) is 23.8 Å². The summed E-state index contributed by atoms with van der Waals surface area (Å²) in [4.78, 5) is 22.2. The van der Waals surface area contributed by atoms with Gasteiger partial charge in [-0.3, -0.25) is 4.79 Å². The summed E-state index contributed by atoms with van der Waals surface area (Å²) in [5.74, 6) is -1.54. The summed E-state index contributed by atoms with van der Waals surface area (Å²) in [6.07, 6.45) is 0. The van der Waals surface area contributed by atoms with E-state index in [0.29, 0.717) is 11.4 Å². The first kappa shape index (κ1) is 13.8. The number of anilines is 2. The number of nitrogens with one attached hydrogen (secondary N) is 1. The van der Waals surface area contributed by atoms with Crippen molar-refractivity contribution < 1.29 is 14.7 Å². The molecule has 0 saturated carbocycles. The zero-order valence-electron chi connectivity index (χ0n) is 10.4. The molecule has 0 aliphatic carbocycles. The van der Waals surface area contributed by atoms with Gasteiger partial charge in [0.05, 0.1) is 11.0 Å². The molecule has 0 aromatic heterocycles. The van der Waals surface area contributed by atoms with Crippen molar-refractivity contribution in [2.75, 3.05) is 17.6 Å². The average Bonchev–Trinajstić information content (AvgIpc) is 2.27. The van der Waals surface area contributed by atoms with Crippen molar-refractivity contribution in [1.29, 1.82) is 0 Å². The lowest BCUT2D eigenvalue weighted by Gasteiger charge is -2.22. The molecule has 0 aliphatic rings. The van der Waals surface area contributed by atoms with Crippen LogP contribution in [0.2, 0.25) is 0 Å². The zero-order valence-corrected chi connectivity index (χ0v) is 10.4. The summed E-state index contributed by atoms with van der Waals surface area (Å²) in [6, 6.07) is 4.52. The normalized spacial score (nSPS) is 11.0. The molecule has 6 nitrogen and oxygen atoms in total. The number of carboxylic acid groups (broad SMARTS) is 1. The quantitative estimate of drug-likeness (QED) is 0.579. The molecule has 1 amide bonds. The fourth-order valence-corrected chi connectivity index (χ4v) is 1.30. The van der Waals surface area contributed by atoms with E-state index in [2.05, 4.69) is 5.32 Å². The van der Waals surface area contributed by atoms with E-state index >= 15 is 0 Å². The predicted octanol–water partition coefficient (Wildman–Crippen LogP) is 0.890. The van der Waals surface area contributed by atoms with Crippen LogP contribution in [0.25, 0.3) is 0 Å². The maximum atomic E-state index is 11.2. The number of hydrogen-bond acceptors (Lipinski definition) is 4. The molecule has 1 aromatic carbocycles. The highest BCUT2D eigenvalue weighted by Crippen LogP contribution is 2.21. The number of benzene rings is 1. The predicted molar refractivity (Wildman–Crippen MR) is 69.3 cm³/mol. The topological polar surface area (TPSA) is 118 Å². The number of nitrogens with two attached hydrogens (primary N) is 2. The largest absolute Gasteiger partial charge is 0.478 e. The summed E-state index contributed by atoms with van der Waals surface area (Å²) in [7, 11) is 0. The number of carbonyl (C=O) groups excluding carboxylic acids is 1. The summed E-state index contributed by atoms with van der Waals surface area (Å²) in [5.41, 5.74) is 10.8. The highest BCUT2D eigenvalue weighted by Gasteiger charge is 2.25. The molecule has 0 spiro atoms. The van der Waals surface area contributed by atoms with Crippen molar-refractivity contribution in [2.24, 2.45) is 11.1 Å². The molecule has 0 fully saturated rings. The Hall–Kier alpha value is -2.24. The molecular weight excluding hydrogens is 234 g/mol. The Bertz CT molecular complexity index is 483. The maximum absolute atomic E-state index is 11.2. The maximum Gasteiger partial charge on any atom is 0.337 e. The molecule has 0 bridgehead atoms. The second-order valence-corrected chi connectivity index (χ2v) is 4.71. The van der Waals surface area contributed by atoms with Crippen LogP contribution in [-0.2, 0) is 4.79 Å². The highest BCUT2D eigenvalue weighted by atomic mass is 16.4. The summed E-state index contributed by atoms with van der Waals surface area (Å²) in [5, 5.41) is 11.9. The molecule has 98 valence electrons. The molecule has 0 heterocycles. The van der Waals surface area contributed by atoms with Crippen LogP contribution in [0.15, 0.2) is 18.2 Å². The number of rotatable bonds is 5. The van der Waals surface area contributed by atoms with Gasteiger partial charge in [0, 0.05) is 17.9 Å². The third-order valence-corrected chi connectivity index (χ3v) is 2.66. The molecule has 0 radical (unpaired) electrons. The molecule has 18 heavy (non-hydrogen) atoms. The van der Waals surface area contributed by atoms with Gasteiger partial charge in [0.2, 0.25) is 5.91 Å². The SMILES string of the molecule is CC(C)(CNc1ccc(N)cc1C(=O)O)C(N)=O. The number of carboxylic acids is 1. The van der Waals surface area contributed by atoms with Crippen molar-refractivity contribution >= 4 is 23.3 Å². The van der Waals surface area contributed by atoms with Crippen molar-refractivity contribution in [3.63, 3.8) is 0 Å². The van der Waals surface area contributed by atoms with Gasteiger partial charge in [-0.15, -0.1) is 0 Å². The minimum atomic E-state index is -1.08. The molecule has 1 aromatic rings. The van der Waals surface area contributed by atoms with Crippen LogP contribution in [-0.4, -0.2) is 23.5 Å². The molecule has 0 saturated heterocycles. The van der Waals surface area contributed by atoms with Gasteiger partial charge >= 0.3 is 5.97 Å². The number of aromatic carboxylic acids is 1. The molecule has 6 N–H and O–H groups in total. The second-order valence-electron chi connectivity index (χ2n) is 4.71. The molecule has 1 rings (SSSR count). The van der Waals surface area contributed by atoms with Gasteiger partial charge in [-0.1, -0.05) is 0 Å². The van der Waals surface area contributed by atoms with Crippen LogP contribution >= 0.6 is 0 Å². The number of nitrogen functional groups attached to an aromatic ring is 1. The van der Waals surface area contributed by atoms with Crippen LogP contribution < -0.4 is 16.8 Å². The molecule has 0 unspecified atom stereocenters. The fourth-order valence-electron chi connectivity index (χ4n) is 1.30. The van der Waals surface area contributed by atoms with E-state index in [9.17, 15) is 9.59 Å².